The molecule has 0 unspecified atom stereocenters. The number of primary amides is 1. The SMILES string of the molecule is C[C@@H](SC1=N/C(=C\c2ccccc2)C(=O)N1c1ccc(F)cc1)C(=O)NC(N)=O. The lowest BCUT2D eigenvalue weighted by Crippen LogP contribution is -2.41. The van der Waals surface area contributed by atoms with E-state index in [2.05, 4.69) is 4.99 Å². The monoisotopic (exact) mass is 412 g/mol. The molecule has 7 nitrogen and oxygen atoms in total. The Morgan fingerprint density at radius 2 is 1.83 bits per heavy atom. The molecule has 0 fully saturated rings. The fourth-order valence-electron chi connectivity index (χ4n) is 2.54. The van der Waals surface area contributed by atoms with Crippen LogP contribution in [0.1, 0.15) is 12.5 Å². The van der Waals surface area contributed by atoms with Crippen LogP contribution in [0.5, 0.6) is 0 Å². The van der Waals surface area contributed by atoms with Gasteiger partial charge in [-0.3, -0.25) is 19.8 Å². The first-order valence-electron chi connectivity index (χ1n) is 8.57. The third kappa shape index (κ3) is 4.88. The molecular weight excluding hydrogens is 395 g/mol. The molecule has 3 rings (SSSR count). The van der Waals surface area contributed by atoms with Crippen molar-refractivity contribution in [3.63, 3.8) is 0 Å². The summed E-state index contributed by atoms with van der Waals surface area (Å²) in [4.78, 5) is 41.6. The number of hydrogen-bond donors (Lipinski definition) is 2. The number of halogens is 1. The van der Waals surface area contributed by atoms with E-state index in [1.807, 2.05) is 35.6 Å². The first-order chi connectivity index (χ1) is 13.8. The van der Waals surface area contributed by atoms with Crippen LogP contribution in [-0.4, -0.2) is 28.3 Å². The summed E-state index contributed by atoms with van der Waals surface area (Å²) < 4.78 is 13.3. The van der Waals surface area contributed by atoms with Crippen molar-refractivity contribution in [2.45, 2.75) is 12.2 Å². The molecular formula is C20H17FN4O3S. The summed E-state index contributed by atoms with van der Waals surface area (Å²) >= 11 is 0.983. The van der Waals surface area contributed by atoms with Crippen molar-refractivity contribution in [3.05, 3.63) is 71.7 Å². The molecule has 148 valence electrons. The summed E-state index contributed by atoms with van der Waals surface area (Å²) in [5.74, 6) is -1.47. The molecule has 1 aliphatic heterocycles. The van der Waals surface area contributed by atoms with Crippen molar-refractivity contribution in [2.24, 2.45) is 10.7 Å². The van der Waals surface area contributed by atoms with Crippen LogP contribution < -0.4 is 16.0 Å². The van der Waals surface area contributed by atoms with Gasteiger partial charge in [0.1, 0.15) is 11.5 Å². The molecule has 1 aliphatic rings. The zero-order valence-electron chi connectivity index (χ0n) is 15.3. The van der Waals surface area contributed by atoms with Crippen LogP contribution in [0, 0.1) is 5.82 Å². The van der Waals surface area contributed by atoms with Gasteiger partial charge in [-0.25, -0.2) is 14.2 Å². The molecule has 29 heavy (non-hydrogen) atoms. The molecule has 3 N–H and O–H groups in total. The third-order valence-corrected chi connectivity index (χ3v) is 4.97. The smallest absolute Gasteiger partial charge is 0.318 e. The summed E-state index contributed by atoms with van der Waals surface area (Å²) in [5.41, 5.74) is 6.34. The third-order valence-electron chi connectivity index (χ3n) is 3.92. The molecule has 1 atom stereocenters. The second-order valence-corrected chi connectivity index (χ2v) is 7.37. The second kappa shape index (κ2) is 8.70. The molecule has 0 aromatic heterocycles. The fraction of sp³-hybridized carbons (Fsp3) is 0.100. The average Bonchev–Trinajstić information content (AvgIpc) is 2.98. The highest BCUT2D eigenvalue weighted by Gasteiger charge is 2.34. The lowest BCUT2D eigenvalue weighted by atomic mass is 10.2. The Hall–Kier alpha value is -3.46. The first-order valence-corrected chi connectivity index (χ1v) is 9.45. The number of urea groups is 1. The van der Waals surface area contributed by atoms with Gasteiger partial charge in [0.15, 0.2) is 5.17 Å². The minimum Gasteiger partial charge on any atom is -0.351 e. The minimum absolute atomic E-state index is 0.172. The van der Waals surface area contributed by atoms with Crippen molar-refractivity contribution in [3.8, 4) is 0 Å². The molecule has 0 radical (unpaired) electrons. The summed E-state index contributed by atoms with van der Waals surface area (Å²) in [6.45, 7) is 1.55. The summed E-state index contributed by atoms with van der Waals surface area (Å²) in [6, 6.07) is 13.6. The molecule has 0 spiro atoms. The molecule has 0 bridgehead atoms. The maximum Gasteiger partial charge on any atom is 0.318 e. The first kappa shape index (κ1) is 20.3. The highest BCUT2D eigenvalue weighted by molar-refractivity contribution is 8.15. The largest absolute Gasteiger partial charge is 0.351 e. The summed E-state index contributed by atoms with van der Waals surface area (Å²) in [5, 5.41) is 1.47. The Morgan fingerprint density at radius 1 is 1.17 bits per heavy atom. The average molecular weight is 412 g/mol. The predicted molar refractivity (Wildman–Crippen MR) is 111 cm³/mol. The lowest BCUT2D eigenvalue weighted by molar-refractivity contribution is -0.119. The Labute approximate surface area is 170 Å². The van der Waals surface area contributed by atoms with Crippen LogP contribution >= 0.6 is 11.8 Å². The topological polar surface area (TPSA) is 105 Å². The number of amidine groups is 1. The van der Waals surface area contributed by atoms with Gasteiger partial charge in [-0.1, -0.05) is 42.1 Å². The number of nitrogens with one attached hydrogen (secondary N) is 1. The number of thioether (sulfide) groups is 1. The fourth-order valence-corrected chi connectivity index (χ4v) is 3.46. The molecule has 1 heterocycles. The lowest BCUT2D eigenvalue weighted by Gasteiger charge is -2.19. The zero-order chi connectivity index (χ0) is 21.0. The van der Waals surface area contributed by atoms with E-state index in [0.717, 1.165) is 17.3 Å². The molecule has 4 amide bonds. The van der Waals surface area contributed by atoms with Crippen LogP contribution in [0.25, 0.3) is 6.08 Å². The van der Waals surface area contributed by atoms with Gasteiger partial charge in [0.05, 0.1) is 10.9 Å². The van der Waals surface area contributed by atoms with Gasteiger partial charge in [0.25, 0.3) is 5.91 Å². The van der Waals surface area contributed by atoms with Crippen molar-refractivity contribution in [2.75, 3.05) is 4.90 Å². The molecule has 2 aromatic carbocycles. The Kier molecular flexibility index (Phi) is 6.08. The quantitative estimate of drug-likeness (QED) is 0.754. The normalized spacial score (nSPS) is 15.9. The predicted octanol–water partition coefficient (Wildman–Crippen LogP) is 2.89. The number of aliphatic imine (C=N–C) groups is 1. The highest BCUT2D eigenvalue weighted by Crippen LogP contribution is 2.31. The number of rotatable bonds is 4. The Morgan fingerprint density at radius 3 is 2.45 bits per heavy atom. The van der Waals surface area contributed by atoms with Crippen LogP contribution in [0.3, 0.4) is 0 Å². The van der Waals surface area contributed by atoms with Gasteiger partial charge in [0, 0.05) is 0 Å². The van der Waals surface area contributed by atoms with E-state index < -0.39 is 28.9 Å². The number of carbonyl (C=O) groups excluding carboxylic acids is 3. The molecule has 9 heteroatoms. The van der Waals surface area contributed by atoms with Crippen molar-refractivity contribution >= 4 is 46.5 Å². The van der Waals surface area contributed by atoms with Gasteiger partial charge >= 0.3 is 6.03 Å². The van der Waals surface area contributed by atoms with Gasteiger partial charge in [-0.15, -0.1) is 0 Å². The molecule has 0 saturated carbocycles. The number of hydrogen-bond acceptors (Lipinski definition) is 5. The van der Waals surface area contributed by atoms with E-state index in [1.54, 1.807) is 13.0 Å². The number of anilines is 1. The number of benzene rings is 2. The van der Waals surface area contributed by atoms with E-state index >= 15 is 0 Å². The highest BCUT2D eigenvalue weighted by atomic mass is 32.2. The number of amides is 4. The van der Waals surface area contributed by atoms with Crippen molar-refractivity contribution < 1.29 is 18.8 Å². The van der Waals surface area contributed by atoms with E-state index in [0.29, 0.717) is 5.69 Å². The molecule has 0 saturated heterocycles. The van der Waals surface area contributed by atoms with Crippen LogP contribution in [0.2, 0.25) is 0 Å². The van der Waals surface area contributed by atoms with E-state index in [4.69, 9.17) is 5.73 Å². The number of carbonyl (C=O) groups is 3. The van der Waals surface area contributed by atoms with Crippen LogP contribution in [0.4, 0.5) is 14.9 Å². The van der Waals surface area contributed by atoms with E-state index in [-0.39, 0.29) is 10.9 Å². The second-order valence-electron chi connectivity index (χ2n) is 6.07. The summed E-state index contributed by atoms with van der Waals surface area (Å²) in [7, 11) is 0. The number of nitrogens with zero attached hydrogens (tertiary/aromatic N) is 2. The Bertz CT molecular complexity index is 1010. The van der Waals surface area contributed by atoms with Gasteiger partial charge < -0.3 is 5.73 Å². The van der Waals surface area contributed by atoms with Crippen molar-refractivity contribution in [1.82, 2.24) is 5.32 Å². The van der Waals surface area contributed by atoms with E-state index in [1.165, 1.54) is 29.2 Å². The van der Waals surface area contributed by atoms with Gasteiger partial charge in [0.2, 0.25) is 5.91 Å². The Balaban J connectivity index is 1.94. The van der Waals surface area contributed by atoms with Gasteiger partial charge in [-0.05, 0) is 42.8 Å². The zero-order valence-corrected chi connectivity index (χ0v) is 16.2. The van der Waals surface area contributed by atoms with Crippen LogP contribution in [0.15, 0.2) is 65.3 Å². The minimum atomic E-state index is -0.966. The molecule has 0 aliphatic carbocycles. The summed E-state index contributed by atoms with van der Waals surface area (Å²) in [6.07, 6.45) is 1.63. The molecule has 2 aromatic rings. The maximum atomic E-state index is 13.3. The number of nitrogens with two attached hydrogens (primary N) is 1. The van der Waals surface area contributed by atoms with Crippen molar-refractivity contribution in [1.29, 1.82) is 0 Å². The van der Waals surface area contributed by atoms with E-state index in [9.17, 15) is 18.8 Å². The maximum absolute atomic E-state index is 13.3. The standard InChI is InChI=1S/C20H17FN4O3S/c1-12(17(26)24-19(22)28)29-20-23-16(11-13-5-3-2-4-6-13)18(27)25(20)15-9-7-14(21)8-10-15/h2-12H,1H3,(H3,22,24,26,28)/b16-11-/t12-/m1/s1. The number of imide groups is 1. The van der Waals surface area contributed by atoms with Crippen LogP contribution in [-0.2, 0) is 9.59 Å². The van der Waals surface area contributed by atoms with Gasteiger partial charge in [-0.2, -0.15) is 0 Å².